The van der Waals surface area contributed by atoms with Gasteiger partial charge in [0.05, 0.1) is 38.1 Å². The Balaban J connectivity index is 1.42. The first-order valence-electron chi connectivity index (χ1n) is 14.7. The van der Waals surface area contributed by atoms with Crippen molar-refractivity contribution >= 4 is 0 Å². The van der Waals surface area contributed by atoms with Gasteiger partial charge in [-0.15, -0.1) is 6.58 Å². The van der Waals surface area contributed by atoms with Gasteiger partial charge in [-0.2, -0.15) is 0 Å². The first kappa shape index (κ1) is 29.6. The van der Waals surface area contributed by atoms with Crippen LogP contribution in [0.1, 0.15) is 42.9 Å². The van der Waals surface area contributed by atoms with Crippen molar-refractivity contribution in [1.82, 2.24) is 0 Å². The van der Waals surface area contributed by atoms with E-state index in [1.807, 2.05) is 104 Å². The Morgan fingerprint density at radius 2 is 1.20 bits per heavy atom. The van der Waals surface area contributed by atoms with Gasteiger partial charge < -0.3 is 28.8 Å². The van der Waals surface area contributed by atoms with Crippen LogP contribution in [0.4, 0.5) is 0 Å². The summed E-state index contributed by atoms with van der Waals surface area (Å²) in [5, 5.41) is 10.9. The maximum atomic E-state index is 10.9. The van der Waals surface area contributed by atoms with Crippen molar-refractivity contribution in [2.24, 2.45) is 5.92 Å². The third-order valence-electron chi connectivity index (χ3n) is 8.02. The highest BCUT2D eigenvalue weighted by molar-refractivity contribution is 5.15. The van der Waals surface area contributed by atoms with Crippen molar-refractivity contribution in [2.75, 3.05) is 0 Å². The molecule has 3 aromatic rings. The molecule has 1 aliphatic heterocycles. The Morgan fingerprint density at radius 3 is 1.71 bits per heavy atom. The number of rotatable bonds is 12. The zero-order valence-electron chi connectivity index (χ0n) is 23.8. The quantitative estimate of drug-likeness (QED) is 0.266. The fourth-order valence-electron chi connectivity index (χ4n) is 5.75. The molecule has 2 aliphatic rings. The molecule has 6 nitrogen and oxygen atoms in total. The lowest BCUT2D eigenvalue weighted by Crippen LogP contribution is -2.61. The van der Waals surface area contributed by atoms with Crippen molar-refractivity contribution in [3.05, 3.63) is 120 Å². The van der Waals surface area contributed by atoms with Crippen LogP contribution in [0.15, 0.2) is 104 Å². The lowest BCUT2D eigenvalue weighted by atomic mass is 9.84. The SMILES string of the molecule is C=CC1CCC[C@@H](O)[C@@H]1O[C@@H]1O[C@@H](C)[C@@H](OCc2ccccc2)[C@@H](OCc2ccccc2)[C@@H]1OCc1ccccc1. The summed E-state index contributed by atoms with van der Waals surface area (Å²) in [7, 11) is 0. The smallest absolute Gasteiger partial charge is 0.187 e. The van der Waals surface area contributed by atoms with E-state index in [-0.39, 0.29) is 12.0 Å². The topological polar surface area (TPSA) is 66.4 Å². The van der Waals surface area contributed by atoms with Gasteiger partial charge in [0.1, 0.15) is 18.3 Å². The number of hydrogen-bond acceptors (Lipinski definition) is 6. The average molecular weight is 559 g/mol. The van der Waals surface area contributed by atoms with Gasteiger partial charge in [-0.1, -0.05) is 103 Å². The molecular formula is C35H42O6. The van der Waals surface area contributed by atoms with Gasteiger partial charge in [-0.3, -0.25) is 0 Å². The summed E-state index contributed by atoms with van der Waals surface area (Å²) >= 11 is 0. The minimum absolute atomic E-state index is 0.0307. The Kier molecular flexibility index (Phi) is 10.8. The number of hydrogen-bond donors (Lipinski definition) is 1. The number of benzene rings is 3. The largest absolute Gasteiger partial charge is 0.390 e. The molecule has 2 fully saturated rings. The minimum atomic E-state index is -0.758. The molecule has 6 heteroatoms. The molecule has 3 aromatic carbocycles. The molecule has 1 N–H and O–H groups in total. The summed E-state index contributed by atoms with van der Waals surface area (Å²) in [4.78, 5) is 0. The summed E-state index contributed by atoms with van der Waals surface area (Å²) in [6.07, 6.45) is 0.786. The Labute approximate surface area is 243 Å². The van der Waals surface area contributed by atoms with Crippen LogP contribution in [0.25, 0.3) is 0 Å². The molecule has 218 valence electrons. The van der Waals surface area contributed by atoms with Gasteiger partial charge in [0.2, 0.25) is 0 Å². The van der Waals surface area contributed by atoms with E-state index in [0.29, 0.717) is 26.2 Å². The van der Waals surface area contributed by atoms with Gasteiger partial charge in [-0.05, 0) is 36.5 Å². The molecule has 0 amide bonds. The summed E-state index contributed by atoms with van der Waals surface area (Å²) < 4.78 is 32.9. The molecule has 0 aromatic heterocycles. The maximum Gasteiger partial charge on any atom is 0.187 e. The van der Waals surface area contributed by atoms with Gasteiger partial charge in [0.15, 0.2) is 6.29 Å². The fourth-order valence-corrected chi connectivity index (χ4v) is 5.75. The zero-order chi connectivity index (χ0) is 28.4. The molecule has 0 radical (unpaired) electrons. The van der Waals surface area contributed by atoms with E-state index >= 15 is 0 Å². The highest BCUT2D eigenvalue weighted by Crippen LogP contribution is 2.35. The lowest BCUT2D eigenvalue weighted by Gasteiger charge is -2.47. The number of aliphatic hydroxyl groups is 1. The first-order chi connectivity index (χ1) is 20.1. The molecule has 8 atom stereocenters. The second-order valence-corrected chi connectivity index (χ2v) is 11.0. The van der Waals surface area contributed by atoms with Crippen molar-refractivity contribution in [2.45, 2.75) is 88.9 Å². The Hall–Kier alpha value is -2.84. The predicted molar refractivity (Wildman–Crippen MR) is 158 cm³/mol. The first-order valence-corrected chi connectivity index (χ1v) is 14.7. The molecule has 1 saturated heterocycles. The molecule has 0 spiro atoms. The molecule has 1 unspecified atom stereocenters. The van der Waals surface area contributed by atoms with Crippen molar-refractivity contribution < 1.29 is 28.8 Å². The lowest BCUT2D eigenvalue weighted by molar-refractivity contribution is -0.337. The molecule has 1 saturated carbocycles. The summed E-state index contributed by atoms with van der Waals surface area (Å²) in [5.74, 6) is 0.0307. The van der Waals surface area contributed by atoms with E-state index in [1.165, 1.54) is 0 Å². The minimum Gasteiger partial charge on any atom is -0.390 e. The van der Waals surface area contributed by atoms with E-state index < -0.39 is 36.8 Å². The van der Waals surface area contributed by atoms with Gasteiger partial charge in [0.25, 0.3) is 0 Å². The second-order valence-electron chi connectivity index (χ2n) is 11.0. The molecule has 5 rings (SSSR count). The van der Waals surface area contributed by atoms with E-state index in [4.69, 9.17) is 23.7 Å². The Bertz CT molecular complexity index is 1170. The van der Waals surface area contributed by atoms with Crippen LogP contribution in [0.3, 0.4) is 0 Å². The molecule has 41 heavy (non-hydrogen) atoms. The van der Waals surface area contributed by atoms with Crippen LogP contribution < -0.4 is 0 Å². The predicted octanol–water partition coefficient (Wildman–Crippen LogP) is 6.22. The highest BCUT2D eigenvalue weighted by atomic mass is 16.7. The van der Waals surface area contributed by atoms with Crippen molar-refractivity contribution in [3.8, 4) is 0 Å². The van der Waals surface area contributed by atoms with Crippen LogP contribution in [0.5, 0.6) is 0 Å². The summed E-state index contributed by atoms with van der Waals surface area (Å²) in [6, 6.07) is 30.2. The molecule has 1 heterocycles. The van der Waals surface area contributed by atoms with Gasteiger partial charge in [-0.25, -0.2) is 0 Å². The van der Waals surface area contributed by atoms with Crippen LogP contribution in [-0.4, -0.2) is 48.0 Å². The van der Waals surface area contributed by atoms with E-state index in [0.717, 1.165) is 29.5 Å². The summed E-state index contributed by atoms with van der Waals surface area (Å²) in [5.41, 5.74) is 3.16. The normalized spacial score (nSPS) is 30.1. The van der Waals surface area contributed by atoms with Crippen LogP contribution >= 0.6 is 0 Å². The molecular weight excluding hydrogens is 516 g/mol. The number of aliphatic hydroxyl groups excluding tert-OH is 1. The number of ether oxygens (including phenoxy) is 5. The standard InChI is InChI=1S/C35H42O6/c1-3-29-20-13-21-30(36)32(29)41-35-34(39-24-28-18-11-6-12-19-28)33(38-23-27-16-9-5-10-17-27)31(25(2)40-35)37-22-26-14-7-4-8-15-26/h3-12,14-19,25,29-36H,1,13,20-24H2,2H3/t25-,29?,30+,31+,32+,33+,34-,35-/m0/s1. The zero-order valence-corrected chi connectivity index (χ0v) is 23.8. The average Bonchev–Trinajstić information content (AvgIpc) is 3.01. The highest BCUT2D eigenvalue weighted by Gasteiger charge is 2.49. The monoisotopic (exact) mass is 558 g/mol. The third kappa shape index (κ3) is 7.92. The van der Waals surface area contributed by atoms with Crippen LogP contribution in [0, 0.1) is 5.92 Å². The molecule has 1 aliphatic carbocycles. The van der Waals surface area contributed by atoms with E-state index in [1.54, 1.807) is 0 Å². The third-order valence-corrected chi connectivity index (χ3v) is 8.02. The molecule has 0 bridgehead atoms. The maximum absolute atomic E-state index is 10.9. The van der Waals surface area contributed by atoms with Gasteiger partial charge >= 0.3 is 0 Å². The summed E-state index contributed by atoms with van der Waals surface area (Å²) in [6.45, 7) is 7.16. The van der Waals surface area contributed by atoms with Crippen molar-refractivity contribution in [3.63, 3.8) is 0 Å². The van der Waals surface area contributed by atoms with E-state index in [9.17, 15) is 5.11 Å². The van der Waals surface area contributed by atoms with Crippen molar-refractivity contribution in [1.29, 1.82) is 0 Å². The second kappa shape index (κ2) is 14.9. The van der Waals surface area contributed by atoms with Crippen LogP contribution in [-0.2, 0) is 43.5 Å². The Morgan fingerprint density at radius 1 is 0.707 bits per heavy atom. The van der Waals surface area contributed by atoms with Crippen LogP contribution in [0.2, 0.25) is 0 Å². The van der Waals surface area contributed by atoms with E-state index in [2.05, 4.69) is 6.58 Å². The fraction of sp³-hybridized carbons (Fsp3) is 0.429. The van der Waals surface area contributed by atoms with Gasteiger partial charge in [0, 0.05) is 5.92 Å².